The summed E-state index contributed by atoms with van der Waals surface area (Å²) in [6, 6.07) is 0.380. The van der Waals surface area contributed by atoms with E-state index in [1.807, 2.05) is 0 Å². The Hall–Kier alpha value is -1.63. The number of likely N-dealkylation sites (tertiary alicyclic amines) is 1. The fraction of sp³-hybridized carbons (Fsp3) is 0.750. The highest BCUT2D eigenvalue weighted by molar-refractivity contribution is 5.75. The Balaban J connectivity index is 1.70. The van der Waals surface area contributed by atoms with E-state index in [2.05, 4.69) is 27.2 Å². The first kappa shape index (κ1) is 13.8. The molecular formula is C12H22N6O. The van der Waals surface area contributed by atoms with Gasteiger partial charge in [0.25, 0.3) is 0 Å². The fourth-order valence-corrected chi connectivity index (χ4v) is 2.34. The molecule has 1 aromatic rings. The standard InChI is InChI=1S/C12H22N6O/c1-10(17-5-3-2-4-6-17)7-14-11(19)8-18-9-15-12(13)16-18/h9-10H,2-8H2,1H3,(H2,13,16)(H,14,19). The molecule has 2 heterocycles. The summed E-state index contributed by atoms with van der Waals surface area (Å²) in [7, 11) is 0. The van der Waals surface area contributed by atoms with Gasteiger partial charge in [-0.15, -0.1) is 5.10 Å². The second-order valence-corrected chi connectivity index (χ2v) is 5.05. The third-order valence-corrected chi connectivity index (χ3v) is 3.47. The Morgan fingerprint density at radius 3 is 2.84 bits per heavy atom. The molecule has 106 valence electrons. The summed E-state index contributed by atoms with van der Waals surface area (Å²) in [5.41, 5.74) is 5.39. The second kappa shape index (κ2) is 6.51. The Morgan fingerprint density at radius 2 is 2.21 bits per heavy atom. The number of hydrogen-bond acceptors (Lipinski definition) is 5. The maximum Gasteiger partial charge on any atom is 0.241 e. The van der Waals surface area contributed by atoms with Crippen molar-refractivity contribution in [3.63, 3.8) is 0 Å². The Bertz CT molecular complexity index is 412. The van der Waals surface area contributed by atoms with Crippen LogP contribution in [0.25, 0.3) is 0 Å². The second-order valence-electron chi connectivity index (χ2n) is 5.05. The van der Waals surface area contributed by atoms with Crippen LogP contribution >= 0.6 is 0 Å². The largest absolute Gasteiger partial charge is 0.367 e. The number of nitrogens with one attached hydrogen (secondary N) is 1. The number of nitrogens with zero attached hydrogens (tertiary/aromatic N) is 4. The Labute approximate surface area is 113 Å². The van der Waals surface area contributed by atoms with Crippen molar-refractivity contribution < 1.29 is 4.79 Å². The lowest BCUT2D eigenvalue weighted by Gasteiger charge is -2.32. The van der Waals surface area contributed by atoms with E-state index in [4.69, 9.17) is 5.73 Å². The lowest BCUT2D eigenvalue weighted by molar-refractivity contribution is -0.122. The van der Waals surface area contributed by atoms with E-state index in [1.165, 1.54) is 30.3 Å². The number of nitrogen functional groups attached to an aromatic ring is 1. The summed E-state index contributed by atoms with van der Waals surface area (Å²) in [5.74, 6) is 0.128. The van der Waals surface area contributed by atoms with Crippen LogP contribution in [0.5, 0.6) is 0 Å². The maximum absolute atomic E-state index is 11.7. The van der Waals surface area contributed by atoms with Gasteiger partial charge in [0.2, 0.25) is 11.9 Å². The van der Waals surface area contributed by atoms with Crippen molar-refractivity contribution in [2.45, 2.75) is 38.8 Å². The minimum Gasteiger partial charge on any atom is -0.367 e. The van der Waals surface area contributed by atoms with E-state index in [9.17, 15) is 4.79 Å². The first-order valence-electron chi connectivity index (χ1n) is 6.81. The number of carbonyl (C=O) groups is 1. The first-order chi connectivity index (χ1) is 9.15. The molecule has 1 fully saturated rings. The fourth-order valence-electron chi connectivity index (χ4n) is 2.34. The van der Waals surface area contributed by atoms with Gasteiger partial charge in [-0.25, -0.2) is 9.67 Å². The highest BCUT2D eigenvalue weighted by Crippen LogP contribution is 2.11. The molecule has 1 aliphatic heterocycles. The molecule has 1 unspecified atom stereocenters. The van der Waals surface area contributed by atoms with E-state index in [0.717, 1.165) is 13.1 Å². The van der Waals surface area contributed by atoms with Crippen molar-refractivity contribution in [1.82, 2.24) is 25.0 Å². The zero-order chi connectivity index (χ0) is 13.7. The van der Waals surface area contributed by atoms with Gasteiger partial charge in [0, 0.05) is 12.6 Å². The zero-order valence-corrected chi connectivity index (χ0v) is 11.4. The smallest absolute Gasteiger partial charge is 0.241 e. The molecule has 0 saturated carbocycles. The van der Waals surface area contributed by atoms with Gasteiger partial charge >= 0.3 is 0 Å². The number of nitrogens with two attached hydrogens (primary N) is 1. The number of hydrogen-bond donors (Lipinski definition) is 2. The van der Waals surface area contributed by atoms with E-state index in [-0.39, 0.29) is 18.4 Å². The number of anilines is 1. The number of piperidine rings is 1. The molecule has 1 aliphatic rings. The highest BCUT2D eigenvalue weighted by Gasteiger charge is 2.17. The molecule has 7 heteroatoms. The molecule has 0 aliphatic carbocycles. The summed E-state index contributed by atoms with van der Waals surface area (Å²) in [6.07, 6.45) is 5.30. The lowest BCUT2D eigenvalue weighted by atomic mass is 10.1. The van der Waals surface area contributed by atoms with Crippen LogP contribution in [0.2, 0.25) is 0 Å². The van der Waals surface area contributed by atoms with E-state index < -0.39 is 0 Å². The molecule has 1 amide bonds. The molecule has 1 saturated heterocycles. The molecule has 0 spiro atoms. The van der Waals surface area contributed by atoms with Crippen molar-refractivity contribution in [1.29, 1.82) is 0 Å². The zero-order valence-electron chi connectivity index (χ0n) is 11.4. The van der Waals surface area contributed by atoms with Crippen molar-refractivity contribution in [2.75, 3.05) is 25.4 Å². The quantitative estimate of drug-likeness (QED) is 0.773. The molecule has 0 radical (unpaired) electrons. The molecule has 2 rings (SSSR count). The van der Waals surface area contributed by atoms with Crippen LogP contribution in [0.3, 0.4) is 0 Å². The predicted octanol–water partition coefficient (Wildman–Crippen LogP) is -0.149. The SMILES string of the molecule is CC(CNC(=O)Cn1cnc(N)n1)N1CCCCC1. The van der Waals surface area contributed by atoms with Crippen LogP contribution in [0.15, 0.2) is 6.33 Å². The minimum atomic E-state index is -0.0613. The summed E-state index contributed by atoms with van der Waals surface area (Å²) in [6.45, 7) is 5.26. The number of rotatable bonds is 5. The normalized spacial score (nSPS) is 18.2. The van der Waals surface area contributed by atoms with Crippen LogP contribution < -0.4 is 11.1 Å². The van der Waals surface area contributed by atoms with Gasteiger partial charge in [-0.05, 0) is 32.9 Å². The van der Waals surface area contributed by atoms with Crippen molar-refractivity contribution in [3.8, 4) is 0 Å². The van der Waals surface area contributed by atoms with Gasteiger partial charge in [0.05, 0.1) is 0 Å². The molecule has 0 bridgehead atoms. The third kappa shape index (κ3) is 4.20. The van der Waals surface area contributed by atoms with Gasteiger partial charge < -0.3 is 11.1 Å². The molecule has 7 nitrogen and oxygen atoms in total. The molecular weight excluding hydrogens is 244 g/mol. The summed E-state index contributed by atoms with van der Waals surface area (Å²) < 4.78 is 1.44. The predicted molar refractivity (Wildman–Crippen MR) is 72.3 cm³/mol. The van der Waals surface area contributed by atoms with Crippen molar-refractivity contribution in [3.05, 3.63) is 6.33 Å². The van der Waals surface area contributed by atoms with Gasteiger partial charge in [0.1, 0.15) is 12.9 Å². The maximum atomic E-state index is 11.7. The van der Waals surface area contributed by atoms with Crippen LogP contribution in [0.1, 0.15) is 26.2 Å². The lowest BCUT2D eigenvalue weighted by Crippen LogP contribution is -2.45. The Morgan fingerprint density at radius 1 is 1.47 bits per heavy atom. The first-order valence-corrected chi connectivity index (χ1v) is 6.81. The number of amides is 1. The van der Waals surface area contributed by atoms with E-state index >= 15 is 0 Å². The van der Waals surface area contributed by atoms with Crippen LogP contribution in [0.4, 0.5) is 5.95 Å². The monoisotopic (exact) mass is 266 g/mol. The van der Waals surface area contributed by atoms with Crippen LogP contribution in [-0.2, 0) is 11.3 Å². The van der Waals surface area contributed by atoms with E-state index in [0.29, 0.717) is 12.6 Å². The number of aromatic nitrogens is 3. The van der Waals surface area contributed by atoms with Crippen molar-refractivity contribution >= 4 is 11.9 Å². The molecule has 19 heavy (non-hydrogen) atoms. The average molecular weight is 266 g/mol. The molecule has 3 N–H and O–H groups in total. The Kier molecular flexibility index (Phi) is 4.73. The molecule has 1 aromatic heterocycles. The average Bonchev–Trinajstić information content (AvgIpc) is 2.82. The molecule has 0 aromatic carbocycles. The minimum absolute atomic E-state index is 0.0613. The number of carbonyl (C=O) groups excluding carboxylic acids is 1. The van der Waals surface area contributed by atoms with Crippen molar-refractivity contribution in [2.24, 2.45) is 0 Å². The van der Waals surface area contributed by atoms with Gasteiger partial charge in [-0.3, -0.25) is 9.69 Å². The summed E-state index contributed by atoms with van der Waals surface area (Å²) in [5, 5.41) is 6.81. The van der Waals surface area contributed by atoms with Crippen LogP contribution in [-0.4, -0.2) is 51.2 Å². The summed E-state index contributed by atoms with van der Waals surface area (Å²) in [4.78, 5) is 18.0. The van der Waals surface area contributed by atoms with Gasteiger partial charge in [0.15, 0.2) is 0 Å². The van der Waals surface area contributed by atoms with E-state index in [1.54, 1.807) is 0 Å². The molecule has 1 atom stereocenters. The van der Waals surface area contributed by atoms with Gasteiger partial charge in [-0.2, -0.15) is 0 Å². The highest BCUT2D eigenvalue weighted by atomic mass is 16.2. The topological polar surface area (TPSA) is 89.1 Å². The summed E-state index contributed by atoms with van der Waals surface area (Å²) >= 11 is 0. The van der Waals surface area contributed by atoms with Crippen LogP contribution in [0, 0.1) is 0 Å². The third-order valence-electron chi connectivity index (χ3n) is 3.47. The van der Waals surface area contributed by atoms with Gasteiger partial charge in [-0.1, -0.05) is 6.42 Å².